The number of amides is 1. The Bertz CT molecular complexity index is 1070. The number of aromatic amines is 1. The van der Waals surface area contributed by atoms with Gasteiger partial charge >= 0.3 is 0 Å². The van der Waals surface area contributed by atoms with Crippen LogP contribution in [0.25, 0.3) is 22.1 Å². The molecule has 1 aromatic carbocycles. The van der Waals surface area contributed by atoms with Gasteiger partial charge in [-0.25, -0.2) is 14.6 Å². The number of nitrogens with one attached hydrogen (secondary N) is 2. The number of rotatable bonds is 4. The van der Waals surface area contributed by atoms with Crippen LogP contribution in [0.2, 0.25) is 0 Å². The van der Waals surface area contributed by atoms with Gasteiger partial charge in [-0.05, 0) is 39.0 Å². The molecule has 7 nitrogen and oxygen atoms in total. The van der Waals surface area contributed by atoms with Gasteiger partial charge in [0.15, 0.2) is 5.65 Å². The predicted molar refractivity (Wildman–Crippen MR) is 99.9 cm³/mol. The Morgan fingerprint density at radius 3 is 2.85 bits per heavy atom. The van der Waals surface area contributed by atoms with E-state index in [2.05, 4.69) is 25.4 Å². The number of H-pyrrole nitrogens is 1. The maximum Gasteiger partial charge on any atom is 0.252 e. The first kappa shape index (κ1) is 16.3. The van der Waals surface area contributed by atoms with Crippen molar-refractivity contribution in [2.45, 2.75) is 33.4 Å². The van der Waals surface area contributed by atoms with Crippen LogP contribution < -0.4 is 5.32 Å². The second-order valence-electron chi connectivity index (χ2n) is 6.61. The average molecular weight is 348 g/mol. The third kappa shape index (κ3) is 2.81. The molecule has 0 fully saturated rings. The summed E-state index contributed by atoms with van der Waals surface area (Å²) in [6.07, 6.45) is 1.71. The van der Waals surface area contributed by atoms with Gasteiger partial charge in [0.1, 0.15) is 5.82 Å². The quantitative estimate of drug-likeness (QED) is 0.593. The number of nitrogens with zero attached hydrogens (tertiary/aromatic N) is 4. The Balaban J connectivity index is 1.61. The minimum absolute atomic E-state index is 0.163. The summed E-state index contributed by atoms with van der Waals surface area (Å²) >= 11 is 0. The normalized spacial score (nSPS) is 11.5. The fourth-order valence-corrected chi connectivity index (χ4v) is 3.06. The Labute approximate surface area is 150 Å². The van der Waals surface area contributed by atoms with Gasteiger partial charge in [-0.2, -0.15) is 5.10 Å². The first-order valence-electron chi connectivity index (χ1n) is 8.59. The molecule has 0 spiro atoms. The number of aryl methyl sites for hydroxylation is 1. The van der Waals surface area contributed by atoms with Crippen LogP contribution in [-0.2, 0) is 6.54 Å². The largest absolute Gasteiger partial charge is 0.345 e. The monoisotopic (exact) mass is 348 g/mol. The molecular formula is C19H20N6O. The average Bonchev–Trinajstić information content (AvgIpc) is 3.22. The number of carbonyl (C=O) groups excluding carboxylic acids is 1. The van der Waals surface area contributed by atoms with E-state index < -0.39 is 0 Å². The van der Waals surface area contributed by atoms with E-state index in [0.717, 1.165) is 33.6 Å². The lowest BCUT2D eigenvalue weighted by Gasteiger charge is -2.09. The number of fused-ring (bicyclic) bond motifs is 2. The molecule has 26 heavy (non-hydrogen) atoms. The summed E-state index contributed by atoms with van der Waals surface area (Å²) in [5.41, 5.74) is 3.94. The maximum absolute atomic E-state index is 12.8. The molecule has 0 aliphatic heterocycles. The molecule has 132 valence electrons. The summed E-state index contributed by atoms with van der Waals surface area (Å²) in [6, 6.07) is 9.76. The molecule has 2 N–H and O–H groups in total. The molecule has 4 aromatic rings. The minimum Gasteiger partial charge on any atom is -0.345 e. The van der Waals surface area contributed by atoms with Crippen LogP contribution in [0, 0.1) is 6.92 Å². The van der Waals surface area contributed by atoms with Crippen molar-refractivity contribution in [3.8, 4) is 0 Å². The molecule has 3 heterocycles. The van der Waals surface area contributed by atoms with Gasteiger partial charge in [0, 0.05) is 11.7 Å². The van der Waals surface area contributed by atoms with E-state index in [1.807, 2.05) is 49.7 Å². The van der Waals surface area contributed by atoms with Crippen molar-refractivity contribution in [3.63, 3.8) is 0 Å². The summed E-state index contributed by atoms with van der Waals surface area (Å²) in [4.78, 5) is 25.0. The van der Waals surface area contributed by atoms with Gasteiger partial charge in [0.2, 0.25) is 0 Å². The summed E-state index contributed by atoms with van der Waals surface area (Å²) in [6.45, 7) is 6.29. The van der Waals surface area contributed by atoms with Gasteiger partial charge in [0.05, 0.1) is 34.7 Å². The molecule has 4 rings (SSSR count). The summed E-state index contributed by atoms with van der Waals surface area (Å²) in [5, 5.41) is 8.07. The van der Waals surface area contributed by atoms with Crippen LogP contribution >= 0.6 is 0 Å². The number of imidazole rings is 1. The fourth-order valence-electron chi connectivity index (χ4n) is 3.06. The maximum atomic E-state index is 12.8. The highest BCUT2D eigenvalue weighted by molar-refractivity contribution is 6.05. The summed E-state index contributed by atoms with van der Waals surface area (Å²) in [7, 11) is 0. The highest BCUT2D eigenvalue weighted by atomic mass is 16.1. The van der Waals surface area contributed by atoms with Gasteiger partial charge in [0.25, 0.3) is 5.91 Å². The topological polar surface area (TPSA) is 88.5 Å². The Morgan fingerprint density at radius 1 is 1.27 bits per heavy atom. The van der Waals surface area contributed by atoms with E-state index in [4.69, 9.17) is 0 Å². The minimum atomic E-state index is -0.163. The molecule has 0 atom stereocenters. The molecule has 1 amide bonds. The van der Waals surface area contributed by atoms with Crippen molar-refractivity contribution < 1.29 is 4.79 Å². The summed E-state index contributed by atoms with van der Waals surface area (Å²) in [5.74, 6) is 0.559. The van der Waals surface area contributed by atoms with Crippen molar-refractivity contribution >= 4 is 28.0 Å². The van der Waals surface area contributed by atoms with Crippen molar-refractivity contribution in [3.05, 3.63) is 53.6 Å². The van der Waals surface area contributed by atoms with Crippen LogP contribution in [0.5, 0.6) is 0 Å². The Kier molecular flexibility index (Phi) is 3.91. The lowest BCUT2D eigenvalue weighted by Crippen LogP contribution is -2.24. The van der Waals surface area contributed by atoms with E-state index in [9.17, 15) is 4.79 Å². The number of pyridine rings is 1. The highest BCUT2D eigenvalue weighted by Gasteiger charge is 2.17. The van der Waals surface area contributed by atoms with E-state index >= 15 is 0 Å². The van der Waals surface area contributed by atoms with Gasteiger partial charge < -0.3 is 10.3 Å². The van der Waals surface area contributed by atoms with Gasteiger partial charge in [-0.1, -0.05) is 12.1 Å². The number of carbonyl (C=O) groups is 1. The second-order valence-corrected chi connectivity index (χ2v) is 6.61. The van der Waals surface area contributed by atoms with Crippen molar-refractivity contribution in [1.82, 2.24) is 30.0 Å². The van der Waals surface area contributed by atoms with Crippen LogP contribution in [0.1, 0.15) is 41.8 Å². The standard InChI is InChI=1S/C19H20N6O/c1-11(2)25-18-14(9-21-25)13(8-12(3)22-18)19(26)20-10-17-23-15-6-4-5-7-16(15)24-17/h4-9,11H,10H2,1-3H3,(H,20,26)(H,23,24). The lowest BCUT2D eigenvalue weighted by molar-refractivity contribution is 0.0951. The third-order valence-electron chi connectivity index (χ3n) is 4.28. The third-order valence-corrected chi connectivity index (χ3v) is 4.28. The lowest BCUT2D eigenvalue weighted by atomic mass is 10.1. The zero-order chi connectivity index (χ0) is 18.3. The molecule has 0 aliphatic carbocycles. The molecule has 0 saturated carbocycles. The molecule has 0 bridgehead atoms. The predicted octanol–water partition coefficient (Wildman–Crippen LogP) is 3.13. The number of hydrogen-bond acceptors (Lipinski definition) is 4. The second kappa shape index (κ2) is 6.25. The van der Waals surface area contributed by atoms with Gasteiger partial charge in [-0.15, -0.1) is 0 Å². The van der Waals surface area contributed by atoms with Crippen LogP contribution in [0.3, 0.4) is 0 Å². The molecule has 0 radical (unpaired) electrons. The van der Waals surface area contributed by atoms with Crippen molar-refractivity contribution in [2.75, 3.05) is 0 Å². The number of aromatic nitrogens is 5. The molecule has 0 saturated heterocycles. The molecule has 3 aromatic heterocycles. The van der Waals surface area contributed by atoms with Crippen molar-refractivity contribution in [2.24, 2.45) is 0 Å². The van der Waals surface area contributed by atoms with E-state index in [-0.39, 0.29) is 11.9 Å². The Hall–Kier alpha value is -3.22. The highest BCUT2D eigenvalue weighted by Crippen LogP contribution is 2.21. The molecular weight excluding hydrogens is 328 g/mol. The van der Waals surface area contributed by atoms with Crippen LogP contribution in [-0.4, -0.2) is 30.6 Å². The van der Waals surface area contributed by atoms with Crippen LogP contribution in [0.4, 0.5) is 0 Å². The molecule has 0 aliphatic rings. The molecule has 0 unspecified atom stereocenters. The van der Waals surface area contributed by atoms with E-state index in [1.165, 1.54) is 0 Å². The zero-order valence-electron chi connectivity index (χ0n) is 14.9. The first-order chi connectivity index (χ1) is 12.5. The molecule has 7 heteroatoms. The fraction of sp³-hybridized carbons (Fsp3) is 0.263. The van der Waals surface area contributed by atoms with Crippen molar-refractivity contribution in [1.29, 1.82) is 0 Å². The SMILES string of the molecule is Cc1cc(C(=O)NCc2nc3ccccc3[nH]2)c2cnn(C(C)C)c2n1. The Morgan fingerprint density at radius 2 is 2.08 bits per heavy atom. The van der Waals surface area contributed by atoms with Gasteiger partial charge in [-0.3, -0.25) is 4.79 Å². The summed E-state index contributed by atoms with van der Waals surface area (Å²) < 4.78 is 1.83. The zero-order valence-corrected chi connectivity index (χ0v) is 14.9. The van der Waals surface area contributed by atoms with E-state index in [1.54, 1.807) is 12.3 Å². The number of benzene rings is 1. The van der Waals surface area contributed by atoms with E-state index in [0.29, 0.717) is 12.1 Å². The smallest absolute Gasteiger partial charge is 0.252 e. The number of para-hydroxylation sites is 2. The first-order valence-corrected chi connectivity index (χ1v) is 8.59. The number of hydrogen-bond donors (Lipinski definition) is 2. The van der Waals surface area contributed by atoms with Crippen LogP contribution in [0.15, 0.2) is 36.5 Å².